The fraction of sp³-hybridized carbons (Fsp3) is 0.857. The van der Waals surface area contributed by atoms with Gasteiger partial charge in [-0.1, -0.05) is 0 Å². The maximum absolute atomic E-state index is 11.3. The van der Waals surface area contributed by atoms with E-state index in [0.717, 1.165) is 6.92 Å². The van der Waals surface area contributed by atoms with Gasteiger partial charge in [0.2, 0.25) is 16.3 Å². The first kappa shape index (κ1) is 33.5. The van der Waals surface area contributed by atoms with E-state index in [1.807, 2.05) is 0 Å². The SMILES string of the molecule is CC(=O)NC1C(O)OC(CO)C(OC2OC(C(=O)[O-])C(O)C(O)C2OS(=O)(=O)[O-])C1O.[Na+].[Na+]. The Morgan fingerprint density at radius 3 is 2.06 bits per heavy atom. The van der Waals surface area contributed by atoms with Crippen molar-refractivity contribution >= 4 is 22.3 Å². The van der Waals surface area contributed by atoms with Gasteiger partial charge in [0.15, 0.2) is 18.7 Å². The summed E-state index contributed by atoms with van der Waals surface area (Å²) in [6.07, 6.45) is -18.4. The number of aliphatic hydroxyl groups is 5. The molecule has 0 aromatic heterocycles. The summed E-state index contributed by atoms with van der Waals surface area (Å²) in [4.78, 5) is 22.5. The molecule has 0 spiro atoms. The van der Waals surface area contributed by atoms with E-state index >= 15 is 0 Å². The number of hydrogen-bond acceptors (Lipinski definition) is 15. The number of carbonyl (C=O) groups is 2. The zero-order valence-electron chi connectivity index (χ0n) is 17.7. The molecule has 0 aromatic rings. The number of carbonyl (C=O) groups excluding carboxylic acids is 2. The first-order valence-corrected chi connectivity index (χ1v) is 10.0. The van der Waals surface area contributed by atoms with Gasteiger partial charge in [0.1, 0.15) is 42.7 Å². The second-order valence-corrected chi connectivity index (χ2v) is 7.77. The molecule has 19 heteroatoms. The van der Waals surface area contributed by atoms with Crippen LogP contribution >= 0.6 is 0 Å². The number of aliphatic carboxylic acids is 1. The maximum atomic E-state index is 11.3. The second kappa shape index (κ2) is 13.7. The van der Waals surface area contributed by atoms with Crippen LogP contribution in [0, 0.1) is 0 Å². The van der Waals surface area contributed by atoms with Gasteiger partial charge < -0.3 is 59.5 Å². The van der Waals surface area contributed by atoms with Crippen molar-refractivity contribution in [1.82, 2.24) is 5.32 Å². The predicted molar refractivity (Wildman–Crippen MR) is 86.7 cm³/mol. The number of carboxylic acids is 1. The smallest absolute Gasteiger partial charge is 0.726 e. The number of rotatable bonds is 7. The molecule has 2 aliphatic heterocycles. The third-order valence-electron chi connectivity index (χ3n) is 4.54. The standard InChI is InChI=1S/C14H23NO15S.2Na/c1-3(17)15-5-6(18)9(4(2-16)27-13(5)23)28-14-11(30-31(24,25)26)8(20)7(19)10(29-14)12(21)22;;/h4-11,13-14,16,18-20,23H,2H2,1H3,(H,15,17)(H,21,22)(H,24,25,26);;/q;2*+1/p-2. The van der Waals surface area contributed by atoms with Crippen LogP contribution in [0.5, 0.6) is 0 Å². The largest absolute Gasteiger partial charge is 1.00 e. The summed E-state index contributed by atoms with van der Waals surface area (Å²) < 4.78 is 52.2. The van der Waals surface area contributed by atoms with Crippen LogP contribution in [-0.4, -0.2) is 118 Å². The van der Waals surface area contributed by atoms with E-state index in [-0.39, 0.29) is 59.1 Å². The molecule has 6 N–H and O–H groups in total. The van der Waals surface area contributed by atoms with E-state index in [0.29, 0.717) is 0 Å². The van der Waals surface area contributed by atoms with E-state index in [1.54, 1.807) is 0 Å². The molecule has 2 saturated heterocycles. The average molecular weight is 521 g/mol. The zero-order chi connectivity index (χ0) is 23.7. The summed E-state index contributed by atoms with van der Waals surface area (Å²) in [6.45, 7) is 0.141. The minimum Gasteiger partial charge on any atom is -0.726 e. The average Bonchev–Trinajstić information content (AvgIpc) is 2.64. The van der Waals surface area contributed by atoms with Crippen molar-refractivity contribution in [3.63, 3.8) is 0 Å². The maximum Gasteiger partial charge on any atom is 1.00 e. The number of amides is 1. The molecule has 33 heavy (non-hydrogen) atoms. The number of aliphatic hydroxyl groups excluding tert-OH is 5. The fourth-order valence-corrected chi connectivity index (χ4v) is 3.65. The van der Waals surface area contributed by atoms with Crippen LogP contribution in [0.4, 0.5) is 0 Å². The number of nitrogens with one attached hydrogen (secondary N) is 1. The predicted octanol–water partition coefficient (Wildman–Crippen LogP) is -13.0. The van der Waals surface area contributed by atoms with Crippen molar-refractivity contribution in [2.75, 3.05) is 6.61 Å². The van der Waals surface area contributed by atoms with Crippen molar-refractivity contribution in [1.29, 1.82) is 0 Å². The Balaban J connectivity index is 0.00000512. The Bertz CT molecular complexity index is 772. The number of carboxylic acid groups (broad SMARTS) is 1. The molecule has 0 bridgehead atoms. The summed E-state index contributed by atoms with van der Waals surface area (Å²) in [5, 5.41) is 63.0. The van der Waals surface area contributed by atoms with Gasteiger partial charge in [-0.15, -0.1) is 0 Å². The molecule has 2 fully saturated rings. The van der Waals surface area contributed by atoms with Crippen molar-refractivity contribution < 1.29 is 131 Å². The quantitative estimate of drug-likeness (QED) is 0.103. The third kappa shape index (κ3) is 8.53. The van der Waals surface area contributed by atoms with Gasteiger partial charge in [-0.05, 0) is 0 Å². The van der Waals surface area contributed by atoms with Crippen molar-refractivity contribution in [2.24, 2.45) is 0 Å². The van der Waals surface area contributed by atoms with Gasteiger partial charge in [0.25, 0.3) is 0 Å². The molecule has 2 rings (SSSR count). The molecule has 1 amide bonds. The van der Waals surface area contributed by atoms with Gasteiger partial charge in [-0.25, -0.2) is 8.42 Å². The van der Waals surface area contributed by atoms with Crippen molar-refractivity contribution in [2.45, 2.75) is 68.3 Å². The molecule has 16 nitrogen and oxygen atoms in total. The summed E-state index contributed by atoms with van der Waals surface area (Å²) in [5.74, 6) is -2.76. The fourth-order valence-electron chi connectivity index (χ4n) is 3.18. The van der Waals surface area contributed by atoms with Gasteiger partial charge in [-0.2, -0.15) is 0 Å². The molecule has 180 valence electrons. The molecule has 10 unspecified atom stereocenters. The van der Waals surface area contributed by atoms with Gasteiger partial charge >= 0.3 is 59.1 Å². The van der Waals surface area contributed by atoms with Crippen LogP contribution in [0.15, 0.2) is 0 Å². The first-order valence-electron chi connectivity index (χ1n) is 8.68. The van der Waals surface area contributed by atoms with E-state index in [4.69, 9.17) is 14.2 Å². The summed E-state index contributed by atoms with van der Waals surface area (Å²) in [7, 11) is -5.54. The van der Waals surface area contributed by atoms with Gasteiger partial charge in [0.05, 0.1) is 12.6 Å². The minimum atomic E-state index is -5.54. The molecule has 2 heterocycles. The van der Waals surface area contributed by atoms with Crippen LogP contribution in [0.2, 0.25) is 0 Å². The summed E-state index contributed by atoms with van der Waals surface area (Å²) >= 11 is 0. The van der Waals surface area contributed by atoms with Crippen LogP contribution in [0.1, 0.15) is 6.92 Å². The molecule has 0 aliphatic carbocycles. The Labute approximate surface area is 231 Å². The van der Waals surface area contributed by atoms with Gasteiger partial charge in [-0.3, -0.25) is 8.98 Å². The monoisotopic (exact) mass is 521 g/mol. The Hall–Kier alpha value is 0.490. The van der Waals surface area contributed by atoms with E-state index in [2.05, 4.69) is 9.50 Å². The molecular weight excluding hydrogens is 500 g/mol. The molecule has 10 atom stereocenters. The summed E-state index contributed by atoms with van der Waals surface area (Å²) in [5.41, 5.74) is 0. The topological polar surface area (TPSA) is 264 Å². The summed E-state index contributed by atoms with van der Waals surface area (Å²) in [6, 6.07) is -1.52. The van der Waals surface area contributed by atoms with Crippen LogP contribution in [0.25, 0.3) is 0 Å². The van der Waals surface area contributed by atoms with E-state index < -0.39 is 90.2 Å². The molecule has 0 aromatic carbocycles. The second-order valence-electron chi connectivity index (χ2n) is 6.76. The normalized spacial score (nSPS) is 39.0. The Morgan fingerprint density at radius 2 is 1.61 bits per heavy atom. The minimum absolute atomic E-state index is 0. The Morgan fingerprint density at radius 1 is 1.03 bits per heavy atom. The van der Waals surface area contributed by atoms with Gasteiger partial charge in [0, 0.05) is 6.92 Å². The van der Waals surface area contributed by atoms with Crippen molar-refractivity contribution in [3.8, 4) is 0 Å². The number of hydrogen-bond donors (Lipinski definition) is 6. The van der Waals surface area contributed by atoms with Crippen LogP contribution < -0.4 is 69.5 Å². The molecule has 0 radical (unpaired) electrons. The van der Waals surface area contributed by atoms with Crippen molar-refractivity contribution in [3.05, 3.63) is 0 Å². The van der Waals surface area contributed by atoms with E-state index in [9.17, 15) is 53.2 Å². The van der Waals surface area contributed by atoms with Crippen LogP contribution in [-0.2, 0) is 38.4 Å². The van der Waals surface area contributed by atoms with E-state index in [1.165, 1.54) is 0 Å². The zero-order valence-corrected chi connectivity index (χ0v) is 22.5. The molecule has 2 aliphatic rings. The first-order chi connectivity index (χ1) is 14.3. The molecular formula is C14H21NNa2O15S. The Kier molecular flexibility index (Phi) is 13.9. The third-order valence-corrected chi connectivity index (χ3v) is 5.00. The molecule has 0 saturated carbocycles. The number of ether oxygens (including phenoxy) is 3. The van der Waals surface area contributed by atoms with Crippen LogP contribution in [0.3, 0.4) is 0 Å².